The molecule has 4 heteroatoms. The molecule has 0 fully saturated rings. The molecular formula is C3H3N2O2-. The topological polar surface area (TPSA) is 57.2 Å². The summed E-state index contributed by atoms with van der Waals surface area (Å²) in [4.78, 5) is 9.30. The fraction of sp³-hybridized carbons (Fsp3) is 0.333. The molecule has 0 bridgehead atoms. The lowest BCUT2D eigenvalue weighted by atomic mass is 10.7. The van der Waals surface area contributed by atoms with Gasteiger partial charge in [-0.25, -0.2) is 0 Å². The first-order valence-electron chi connectivity index (χ1n) is 1.52. The van der Waals surface area contributed by atoms with Crippen molar-refractivity contribution in [2.75, 3.05) is 6.54 Å². The normalized spacial score (nSPS) is 6.71. The number of nitro groups is 1. The average Bonchev–Trinajstić information content (AvgIpc) is 1.61. The SMILES string of the molecule is C#CC[N-][N+](=O)[O-]. The molecule has 0 aliphatic heterocycles. The molecule has 0 radical (unpaired) electrons. The number of nitrogens with zero attached hydrogens (tertiary/aromatic N) is 2. The van der Waals surface area contributed by atoms with Crippen molar-refractivity contribution in [1.82, 2.24) is 0 Å². The summed E-state index contributed by atoms with van der Waals surface area (Å²) in [5.74, 6) is 1.99. The summed E-state index contributed by atoms with van der Waals surface area (Å²) in [5, 5.41) is 8.50. The molecule has 0 atom stereocenters. The van der Waals surface area contributed by atoms with Gasteiger partial charge < -0.3 is 5.43 Å². The summed E-state index contributed by atoms with van der Waals surface area (Å²) < 4.78 is 0. The third-order valence-corrected chi connectivity index (χ3v) is 0.277. The van der Waals surface area contributed by atoms with E-state index in [1.54, 1.807) is 0 Å². The van der Waals surface area contributed by atoms with Gasteiger partial charge in [0.15, 0.2) is 0 Å². The second-order valence-electron chi connectivity index (χ2n) is 0.741. The Kier molecular flexibility index (Phi) is 2.44. The van der Waals surface area contributed by atoms with Crippen LogP contribution in [0.2, 0.25) is 0 Å². The summed E-state index contributed by atoms with van der Waals surface area (Å²) in [5.41, 5.74) is 2.73. The summed E-state index contributed by atoms with van der Waals surface area (Å²) in [6, 6.07) is 0. The van der Waals surface area contributed by atoms with Gasteiger partial charge in [0.1, 0.15) is 0 Å². The van der Waals surface area contributed by atoms with Gasteiger partial charge in [-0.2, -0.15) is 0 Å². The highest BCUT2D eigenvalue weighted by atomic mass is 16.7. The second-order valence-corrected chi connectivity index (χ2v) is 0.741. The molecule has 0 aliphatic rings. The van der Waals surface area contributed by atoms with Crippen LogP contribution in [0.1, 0.15) is 0 Å². The smallest absolute Gasteiger partial charge is 0.0118 e. The predicted molar refractivity (Wildman–Crippen MR) is 24.1 cm³/mol. The molecular weight excluding hydrogens is 96.0 g/mol. The van der Waals surface area contributed by atoms with Crippen molar-refractivity contribution in [1.29, 1.82) is 0 Å². The van der Waals surface area contributed by atoms with Crippen LogP contribution in [0.25, 0.3) is 5.43 Å². The van der Waals surface area contributed by atoms with Crippen molar-refractivity contribution < 1.29 is 5.03 Å². The lowest BCUT2D eigenvalue weighted by molar-refractivity contribution is -0.425. The summed E-state index contributed by atoms with van der Waals surface area (Å²) in [6.07, 6.45) is 4.63. The molecule has 0 aliphatic carbocycles. The highest BCUT2D eigenvalue weighted by Gasteiger charge is 1.67. The lowest BCUT2D eigenvalue weighted by Gasteiger charge is -1.99. The van der Waals surface area contributed by atoms with Gasteiger partial charge in [0.25, 0.3) is 0 Å². The van der Waals surface area contributed by atoms with Gasteiger partial charge >= 0.3 is 0 Å². The van der Waals surface area contributed by atoms with Gasteiger partial charge in [-0.3, -0.25) is 10.1 Å². The molecule has 0 N–H and O–H groups in total. The van der Waals surface area contributed by atoms with E-state index in [4.69, 9.17) is 0 Å². The lowest BCUT2D eigenvalue weighted by Crippen LogP contribution is -1.89. The van der Waals surface area contributed by atoms with E-state index < -0.39 is 5.03 Å². The van der Waals surface area contributed by atoms with E-state index in [-0.39, 0.29) is 6.54 Å². The average molecular weight is 99.1 g/mol. The minimum Gasteiger partial charge on any atom is -0.367 e. The maximum absolute atomic E-state index is 9.30. The van der Waals surface area contributed by atoms with E-state index in [0.29, 0.717) is 0 Å². The Balaban J connectivity index is 3.02. The molecule has 0 spiro atoms. The van der Waals surface area contributed by atoms with Crippen LogP contribution in [-0.2, 0) is 0 Å². The largest absolute Gasteiger partial charge is 0.367 e. The van der Waals surface area contributed by atoms with Gasteiger partial charge in [-0.05, 0) is 11.6 Å². The van der Waals surface area contributed by atoms with E-state index in [0.717, 1.165) is 0 Å². The van der Waals surface area contributed by atoms with Crippen molar-refractivity contribution in [2.24, 2.45) is 0 Å². The van der Waals surface area contributed by atoms with Crippen LogP contribution in [0, 0.1) is 22.5 Å². The minimum atomic E-state index is -0.806. The quantitative estimate of drug-likeness (QED) is 0.282. The van der Waals surface area contributed by atoms with E-state index in [1.807, 2.05) is 5.92 Å². The maximum Gasteiger partial charge on any atom is -0.0118 e. The van der Waals surface area contributed by atoms with Crippen molar-refractivity contribution >= 4 is 0 Å². The van der Waals surface area contributed by atoms with Crippen LogP contribution in [0.4, 0.5) is 0 Å². The molecule has 7 heavy (non-hydrogen) atoms. The Morgan fingerprint density at radius 1 is 2.00 bits per heavy atom. The van der Waals surface area contributed by atoms with Crippen LogP contribution in [-0.4, -0.2) is 11.6 Å². The van der Waals surface area contributed by atoms with Crippen LogP contribution in [0.5, 0.6) is 0 Å². The standard InChI is InChI=1S/C3H3N2O2/c1-2-3-4-5(6)7/h1H,3H2/q-1. The van der Waals surface area contributed by atoms with Crippen molar-refractivity contribution in [3.05, 3.63) is 15.5 Å². The highest BCUT2D eigenvalue weighted by molar-refractivity contribution is 4.93. The molecule has 0 aromatic carbocycles. The highest BCUT2D eigenvalue weighted by Crippen LogP contribution is 1.80. The van der Waals surface area contributed by atoms with Gasteiger partial charge in [0.05, 0.1) is 0 Å². The minimum absolute atomic E-state index is 0.146. The van der Waals surface area contributed by atoms with Gasteiger partial charge in [0, 0.05) is 0 Å². The van der Waals surface area contributed by atoms with Crippen LogP contribution in [0.15, 0.2) is 0 Å². The Bertz CT molecular complexity index is 104. The number of rotatable bonds is 2. The molecule has 0 aromatic heterocycles. The number of hydrogen-bond acceptors (Lipinski definition) is 2. The Hall–Kier alpha value is -1.24. The van der Waals surface area contributed by atoms with E-state index in [1.165, 1.54) is 0 Å². The first-order valence-corrected chi connectivity index (χ1v) is 1.52. The first-order chi connectivity index (χ1) is 3.27. The van der Waals surface area contributed by atoms with Crippen LogP contribution < -0.4 is 0 Å². The maximum atomic E-state index is 9.30. The number of terminal acetylenes is 1. The molecule has 0 aromatic rings. The monoisotopic (exact) mass is 99.0 g/mol. The fourth-order valence-electron chi connectivity index (χ4n) is 0.0986. The summed E-state index contributed by atoms with van der Waals surface area (Å²) in [7, 11) is 0. The van der Waals surface area contributed by atoms with Crippen LogP contribution in [0.3, 0.4) is 0 Å². The molecule has 0 rings (SSSR count). The molecule has 38 valence electrons. The Labute approximate surface area is 40.6 Å². The third-order valence-electron chi connectivity index (χ3n) is 0.277. The molecule has 0 saturated carbocycles. The molecule has 0 saturated heterocycles. The molecule has 4 nitrogen and oxygen atoms in total. The van der Waals surface area contributed by atoms with Crippen LogP contribution >= 0.6 is 0 Å². The molecule has 0 heterocycles. The Morgan fingerprint density at radius 3 is 2.71 bits per heavy atom. The zero-order valence-corrected chi connectivity index (χ0v) is 3.50. The number of hydrogen-bond donors (Lipinski definition) is 0. The van der Waals surface area contributed by atoms with Gasteiger partial charge in [0.2, 0.25) is 0 Å². The van der Waals surface area contributed by atoms with Crippen molar-refractivity contribution in [3.8, 4) is 12.3 Å². The molecule has 0 unspecified atom stereocenters. The van der Waals surface area contributed by atoms with Gasteiger partial charge in [-0.1, -0.05) is 0 Å². The van der Waals surface area contributed by atoms with Gasteiger partial charge in [-0.15, -0.1) is 12.3 Å². The van der Waals surface area contributed by atoms with E-state index >= 15 is 0 Å². The second kappa shape index (κ2) is 2.97. The van der Waals surface area contributed by atoms with E-state index in [2.05, 4.69) is 11.8 Å². The zero-order valence-electron chi connectivity index (χ0n) is 3.50. The molecule has 0 amide bonds. The Morgan fingerprint density at radius 2 is 2.57 bits per heavy atom. The fourth-order valence-corrected chi connectivity index (χ4v) is 0.0986. The summed E-state index contributed by atoms with van der Waals surface area (Å²) in [6.45, 7) is -0.146. The van der Waals surface area contributed by atoms with E-state index in [9.17, 15) is 10.1 Å². The van der Waals surface area contributed by atoms with Crippen molar-refractivity contribution in [2.45, 2.75) is 0 Å². The first kappa shape index (κ1) is 5.76. The van der Waals surface area contributed by atoms with Crippen molar-refractivity contribution in [3.63, 3.8) is 0 Å². The zero-order chi connectivity index (χ0) is 5.70. The summed E-state index contributed by atoms with van der Waals surface area (Å²) >= 11 is 0. The third kappa shape index (κ3) is 4.76. The predicted octanol–water partition coefficient (Wildman–Crippen LogP) is 0.185.